The van der Waals surface area contributed by atoms with Crippen LogP contribution in [-0.4, -0.2) is 16.2 Å². The number of carboxylic acids is 1. The van der Waals surface area contributed by atoms with Crippen molar-refractivity contribution in [1.29, 1.82) is 0 Å². The molecule has 72 valence electrons. The number of thiophene rings is 1. The minimum absolute atomic E-state index is 0.0185. The molecule has 2 N–H and O–H groups in total. The molecule has 0 bridgehead atoms. The van der Waals surface area contributed by atoms with Crippen LogP contribution in [0.25, 0.3) is 10.1 Å². The van der Waals surface area contributed by atoms with Gasteiger partial charge in [0.25, 0.3) is 0 Å². The molecule has 0 saturated heterocycles. The van der Waals surface area contributed by atoms with E-state index in [9.17, 15) is 9.90 Å². The zero-order chi connectivity index (χ0) is 10.3. The SMILES string of the molecule is O=C(O)c1csc2c(O)cc(Cl)cc12. The van der Waals surface area contributed by atoms with E-state index >= 15 is 0 Å². The molecule has 0 spiro atoms. The van der Waals surface area contributed by atoms with Gasteiger partial charge in [-0.25, -0.2) is 4.79 Å². The van der Waals surface area contributed by atoms with Crippen molar-refractivity contribution < 1.29 is 15.0 Å². The first-order chi connectivity index (χ1) is 6.59. The largest absolute Gasteiger partial charge is 0.506 e. The van der Waals surface area contributed by atoms with E-state index in [-0.39, 0.29) is 11.3 Å². The number of fused-ring (bicyclic) bond motifs is 1. The third-order valence-electron chi connectivity index (χ3n) is 1.85. The predicted molar refractivity (Wildman–Crippen MR) is 55.5 cm³/mol. The number of carboxylic acid groups (broad SMARTS) is 1. The molecule has 0 radical (unpaired) electrons. The number of phenols is 1. The van der Waals surface area contributed by atoms with Crippen molar-refractivity contribution in [3.05, 3.63) is 28.1 Å². The Morgan fingerprint density at radius 1 is 1.43 bits per heavy atom. The Labute approximate surface area is 88.2 Å². The van der Waals surface area contributed by atoms with Gasteiger partial charge >= 0.3 is 5.97 Å². The second-order valence-electron chi connectivity index (χ2n) is 2.76. The Morgan fingerprint density at radius 3 is 2.79 bits per heavy atom. The fourth-order valence-electron chi connectivity index (χ4n) is 1.25. The second-order valence-corrected chi connectivity index (χ2v) is 4.07. The van der Waals surface area contributed by atoms with Gasteiger partial charge in [0.15, 0.2) is 0 Å². The molecule has 1 aromatic heterocycles. The van der Waals surface area contributed by atoms with E-state index in [2.05, 4.69) is 0 Å². The van der Waals surface area contributed by atoms with Crippen molar-refractivity contribution in [3.63, 3.8) is 0 Å². The van der Waals surface area contributed by atoms with Crippen LogP contribution in [-0.2, 0) is 0 Å². The number of aromatic carboxylic acids is 1. The van der Waals surface area contributed by atoms with E-state index in [1.807, 2.05) is 0 Å². The van der Waals surface area contributed by atoms with Gasteiger partial charge in [0.05, 0.1) is 10.3 Å². The second kappa shape index (κ2) is 3.15. The van der Waals surface area contributed by atoms with E-state index < -0.39 is 5.97 Å². The number of carbonyl (C=O) groups is 1. The molecule has 3 nitrogen and oxygen atoms in total. The van der Waals surface area contributed by atoms with Crippen molar-refractivity contribution in [1.82, 2.24) is 0 Å². The van der Waals surface area contributed by atoms with Gasteiger partial charge in [-0.3, -0.25) is 0 Å². The van der Waals surface area contributed by atoms with E-state index in [1.165, 1.54) is 28.8 Å². The molecule has 14 heavy (non-hydrogen) atoms. The van der Waals surface area contributed by atoms with Gasteiger partial charge in [0.1, 0.15) is 5.75 Å². The van der Waals surface area contributed by atoms with Crippen molar-refractivity contribution >= 4 is 39.0 Å². The van der Waals surface area contributed by atoms with Gasteiger partial charge in [0, 0.05) is 15.8 Å². The summed E-state index contributed by atoms with van der Waals surface area (Å²) >= 11 is 6.90. The number of halogens is 1. The van der Waals surface area contributed by atoms with Gasteiger partial charge in [-0.05, 0) is 12.1 Å². The van der Waals surface area contributed by atoms with Crippen LogP contribution in [0.4, 0.5) is 0 Å². The lowest BCUT2D eigenvalue weighted by Crippen LogP contribution is -1.93. The quantitative estimate of drug-likeness (QED) is 0.789. The van der Waals surface area contributed by atoms with E-state index in [4.69, 9.17) is 16.7 Å². The van der Waals surface area contributed by atoms with Crippen molar-refractivity contribution in [2.24, 2.45) is 0 Å². The molecular formula is C9H5ClO3S. The van der Waals surface area contributed by atoms with Crippen LogP contribution in [0.15, 0.2) is 17.5 Å². The molecule has 0 fully saturated rings. The van der Waals surface area contributed by atoms with E-state index in [0.29, 0.717) is 15.1 Å². The maximum Gasteiger partial charge on any atom is 0.337 e. The summed E-state index contributed by atoms with van der Waals surface area (Å²) in [6, 6.07) is 2.93. The van der Waals surface area contributed by atoms with Crippen molar-refractivity contribution in [2.45, 2.75) is 0 Å². The number of rotatable bonds is 1. The number of hydrogen-bond donors (Lipinski definition) is 2. The summed E-state index contributed by atoms with van der Waals surface area (Å²) < 4.78 is 0.548. The Kier molecular flexibility index (Phi) is 2.09. The molecule has 0 aliphatic carbocycles. The third-order valence-corrected chi connectivity index (χ3v) is 3.09. The van der Waals surface area contributed by atoms with Gasteiger partial charge in [-0.1, -0.05) is 11.6 Å². The van der Waals surface area contributed by atoms with Crippen molar-refractivity contribution in [3.8, 4) is 5.75 Å². The summed E-state index contributed by atoms with van der Waals surface area (Å²) in [5.74, 6) is -0.997. The van der Waals surface area contributed by atoms with E-state index in [1.54, 1.807) is 0 Å². The molecule has 5 heteroatoms. The summed E-state index contributed by atoms with van der Waals surface area (Å²) in [7, 11) is 0. The van der Waals surface area contributed by atoms with Crippen LogP contribution >= 0.6 is 22.9 Å². The first-order valence-corrected chi connectivity index (χ1v) is 4.98. The van der Waals surface area contributed by atoms with Gasteiger partial charge in [-0.15, -0.1) is 11.3 Å². The molecule has 1 heterocycles. The highest BCUT2D eigenvalue weighted by atomic mass is 35.5. The molecule has 1 aromatic carbocycles. The van der Waals surface area contributed by atoms with Gasteiger partial charge in [-0.2, -0.15) is 0 Å². The number of phenolic OH excluding ortho intramolecular Hbond substituents is 1. The molecule has 0 aliphatic rings. The van der Waals surface area contributed by atoms with E-state index in [0.717, 1.165) is 0 Å². The third kappa shape index (κ3) is 1.32. The highest BCUT2D eigenvalue weighted by Crippen LogP contribution is 2.35. The smallest absolute Gasteiger partial charge is 0.337 e. The molecule has 0 amide bonds. The summed E-state index contributed by atoms with van der Waals surface area (Å²) in [5, 5.41) is 20.6. The lowest BCUT2D eigenvalue weighted by Gasteiger charge is -1.97. The Bertz CT molecular complexity index is 518. The lowest BCUT2D eigenvalue weighted by atomic mass is 10.2. The zero-order valence-electron chi connectivity index (χ0n) is 6.82. The molecule has 2 aromatic rings. The average Bonchev–Trinajstić information content (AvgIpc) is 2.47. The molecule has 0 saturated carbocycles. The molecule has 0 aliphatic heterocycles. The zero-order valence-corrected chi connectivity index (χ0v) is 8.39. The summed E-state index contributed by atoms with van der Waals surface area (Å²) in [5.41, 5.74) is 0.169. The Balaban J connectivity index is 2.85. The van der Waals surface area contributed by atoms with Crippen LogP contribution in [0.2, 0.25) is 5.02 Å². The molecule has 0 unspecified atom stereocenters. The topological polar surface area (TPSA) is 57.5 Å². The highest BCUT2D eigenvalue weighted by molar-refractivity contribution is 7.18. The maximum absolute atomic E-state index is 10.8. The Morgan fingerprint density at radius 2 is 2.14 bits per heavy atom. The van der Waals surface area contributed by atoms with Crippen molar-refractivity contribution in [2.75, 3.05) is 0 Å². The van der Waals surface area contributed by atoms with Crippen LogP contribution < -0.4 is 0 Å². The standard InChI is InChI=1S/C9H5ClO3S/c10-4-1-5-6(9(12)13)3-14-8(5)7(11)2-4/h1-3,11H,(H,12,13). The molecular weight excluding hydrogens is 224 g/mol. The highest BCUT2D eigenvalue weighted by Gasteiger charge is 2.13. The fourth-order valence-corrected chi connectivity index (χ4v) is 2.40. The molecule has 2 rings (SSSR count). The minimum atomic E-state index is -1.02. The van der Waals surface area contributed by atoms with Crippen LogP contribution in [0, 0.1) is 0 Å². The lowest BCUT2D eigenvalue weighted by molar-refractivity contribution is 0.0699. The Hall–Kier alpha value is -1.26. The minimum Gasteiger partial charge on any atom is -0.506 e. The first-order valence-electron chi connectivity index (χ1n) is 3.72. The van der Waals surface area contributed by atoms with Gasteiger partial charge < -0.3 is 10.2 Å². The van der Waals surface area contributed by atoms with Crippen LogP contribution in [0.1, 0.15) is 10.4 Å². The molecule has 0 atom stereocenters. The van der Waals surface area contributed by atoms with Crippen LogP contribution in [0.3, 0.4) is 0 Å². The monoisotopic (exact) mass is 228 g/mol. The predicted octanol–water partition coefficient (Wildman–Crippen LogP) is 2.96. The summed E-state index contributed by atoms with van der Waals surface area (Å²) in [4.78, 5) is 10.8. The normalized spacial score (nSPS) is 10.6. The summed E-state index contributed by atoms with van der Waals surface area (Å²) in [6.07, 6.45) is 0. The fraction of sp³-hybridized carbons (Fsp3) is 0. The average molecular weight is 229 g/mol. The number of hydrogen-bond acceptors (Lipinski definition) is 3. The maximum atomic E-state index is 10.8. The summed E-state index contributed by atoms with van der Waals surface area (Å²) in [6.45, 7) is 0. The number of benzene rings is 1. The number of aromatic hydroxyl groups is 1. The van der Waals surface area contributed by atoms with Gasteiger partial charge in [0.2, 0.25) is 0 Å². The van der Waals surface area contributed by atoms with Crippen LogP contribution in [0.5, 0.6) is 5.75 Å². The first kappa shape index (κ1) is 9.30.